The second-order valence-electron chi connectivity index (χ2n) is 3.88. The number of nitrogens with one attached hydrogen (secondary N) is 1. The number of aliphatic hydroxyl groups is 1. The zero-order valence-corrected chi connectivity index (χ0v) is 9.93. The fraction of sp³-hybridized carbons (Fsp3) is 0.417. The first-order valence-electron chi connectivity index (χ1n) is 5.34. The van der Waals surface area contributed by atoms with Gasteiger partial charge in [0.15, 0.2) is 0 Å². The van der Waals surface area contributed by atoms with Gasteiger partial charge in [-0.05, 0) is 18.1 Å². The monoisotopic (exact) mass is 239 g/mol. The molecule has 1 unspecified atom stereocenters. The summed E-state index contributed by atoms with van der Waals surface area (Å²) in [4.78, 5) is 11.7. The SMILES string of the molecule is COc1ccc(C(=O)NCC(C)CO)c(O)c1. The van der Waals surface area contributed by atoms with Gasteiger partial charge in [0.1, 0.15) is 11.5 Å². The van der Waals surface area contributed by atoms with Crippen molar-refractivity contribution in [3.05, 3.63) is 23.8 Å². The molecule has 0 heterocycles. The lowest BCUT2D eigenvalue weighted by atomic mass is 10.1. The Kier molecular flexibility index (Phi) is 4.78. The van der Waals surface area contributed by atoms with Crippen molar-refractivity contribution in [1.82, 2.24) is 5.32 Å². The van der Waals surface area contributed by atoms with Gasteiger partial charge in [-0.15, -0.1) is 0 Å². The van der Waals surface area contributed by atoms with Gasteiger partial charge in [0.25, 0.3) is 5.91 Å². The first-order chi connectivity index (χ1) is 8.08. The molecule has 5 nitrogen and oxygen atoms in total. The number of benzene rings is 1. The highest BCUT2D eigenvalue weighted by Gasteiger charge is 2.12. The number of ether oxygens (including phenoxy) is 1. The van der Waals surface area contributed by atoms with Crippen molar-refractivity contribution in [2.24, 2.45) is 5.92 Å². The molecule has 1 aromatic rings. The third-order valence-electron chi connectivity index (χ3n) is 2.37. The highest BCUT2D eigenvalue weighted by molar-refractivity contribution is 5.96. The van der Waals surface area contributed by atoms with Crippen LogP contribution in [-0.2, 0) is 0 Å². The normalized spacial score (nSPS) is 11.9. The Balaban J connectivity index is 2.69. The fourth-order valence-electron chi connectivity index (χ4n) is 1.26. The minimum Gasteiger partial charge on any atom is -0.507 e. The van der Waals surface area contributed by atoms with Gasteiger partial charge in [-0.25, -0.2) is 0 Å². The molecule has 0 aliphatic heterocycles. The Morgan fingerprint density at radius 3 is 2.76 bits per heavy atom. The number of phenolic OH excluding ortho intramolecular Hbond substituents is 1. The minimum atomic E-state index is -0.370. The van der Waals surface area contributed by atoms with Crippen molar-refractivity contribution in [3.63, 3.8) is 0 Å². The zero-order chi connectivity index (χ0) is 12.8. The first kappa shape index (κ1) is 13.3. The molecule has 0 radical (unpaired) electrons. The maximum absolute atomic E-state index is 11.7. The van der Waals surface area contributed by atoms with Crippen LogP contribution in [0.4, 0.5) is 0 Å². The van der Waals surface area contributed by atoms with E-state index in [1.54, 1.807) is 6.07 Å². The molecular weight excluding hydrogens is 222 g/mol. The smallest absolute Gasteiger partial charge is 0.255 e. The molecule has 5 heteroatoms. The molecule has 17 heavy (non-hydrogen) atoms. The topological polar surface area (TPSA) is 78.8 Å². The van der Waals surface area contributed by atoms with E-state index in [0.717, 1.165) is 0 Å². The average Bonchev–Trinajstić information content (AvgIpc) is 2.35. The minimum absolute atomic E-state index is 0.00880. The van der Waals surface area contributed by atoms with Crippen LogP contribution in [0, 0.1) is 5.92 Å². The third kappa shape index (κ3) is 3.64. The summed E-state index contributed by atoms with van der Waals surface area (Å²) in [5.41, 5.74) is 0.191. The summed E-state index contributed by atoms with van der Waals surface area (Å²) in [6.45, 7) is 2.18. The largest absolute Gasteiger partial charge is 0.507 e. The molecule has 0 bridgehead atoms. The Labute approximate surface area is 100 Å². The summed E-state index contributed by atoms with van der Waals surface area (Å²) >= 11 is 0. The average molecular weight is 239 g/mol. The van der Waals surface area contributed by atoms with E-state index in [1.807, 2.05) is 6.92 Å². The molecule has 0 aliphatic rings. The van der Waals surface area contributed by atoms with E-state index < -0.39 is 0 Å². The molecule has 0 aromatic heterocycles. The number of phenols is 1. The molecule has 0 fully saturated rings. The molecule has 0 spiro atoms. The first-order valence-corrected chi connectivity index (χ1v) is 5.34. The van der Waals surface area contributed by atoms with Gasteiger partial charge in [-0.1, -0.05) is 6.92 Å². The summed E-state index contributed by atoms with van der Waals surface area (Å²) in [5.74, 6) is -0.0222. The molecule has 3 N–H and O–H groups in total. The Bertz CT molecular complexity index is 392. The Morgan fingerprint density at radius 2 is 2.24 bits per heavy atom. The van der Waals surface area contributed by atoms with E-state index in [4.69, 9.17) is 9.84 Å². The number of amides is 1. The van der Waals surface area contributed by atoms with Gasteiger partial charge in [-0.2, -0.15) is 0 Å². The second-order valence-corrected chi connectivity index (χ2v) is 3.88. The highest BCUT2D eigenvalue weighted by Crippen LogP contribution is 2.23. The summed E-state index contributed by atoms with van der Waals surface area (Å²) < 4.78 is 4.92. The van der Waals surface area contributed by atoms with Gasteiger partial charge < -0.3 is 20.3 Å². The van der Waals surface area contributed by atoms with Crippen LogP contribution in [0.5, 0.6) is 11.5 Å². The molecule has 1 rings (SSSR count). The molecule has 1 atom stereocenters. The molecule has 1 amide bonds. The maximum Gasteiger partial charge on any atom is 0.255 e. The lowest BCUT2D eigenvalue weighted by Crippen LogP contribution is -2.29. The lowest BCUT2D eigenvalue weighted by Gasteiger charge is -2.11. The number of carbonyl (C=O) groups is 1. The van der Waals surface area contributed by atoms with Crippen LogP contribution in [0.1, 0.15) is 17.3 Å². The Morgan fingerprint density at radius 1 is 1.53 bits per heavy atom. The van der Waals surface area contributed by atoms with Crippen molar-refractivity contribution >= 4 is 5.91 Å². The number of hydrogen-bond donors (Lipinski definition) is 3. The third-order valence-corrected chi connectivity index (χ3v) is 2.37. The lowest BCUT2D eigenvalue weighted by molar-refractivity contribution is 0.0939. The number of aromatic hydroxyl groups is 1. The number of rotatable bonds is 5. The van der Waals surface area contributed by atoms with E-state index in [2.05, 4.69) is 5.32 Å². The summed E-state index contributed by atoms with van der Waals surface area (Å²) in [6, 6.07) is 4.47. The summed E-state index contributed by atoms with van der Waals surface area (Å²) in [6.07, 6.45) is 0. The number of carbonyl (C=O) groups excluding carboxylic acids is 1. The number of hydrogen-bond acceptors (Lipinski definition) is 4. The van der Waals surface area contributed by atoms with Gasteiger partial charge in [0.05, 0.1) is 12.7 Å². The van der Waals surface area contributed by atoms with Gasteiger partial charge >= 0.3 is 0 Å². The molecule has 0 saturated heterocycles. The van der Waals surface area contributed by atoms with Gasteiger partial charge in [0.2, 0.25) is 0 Å². The van der Waals surface area contributed by atoms with Crippen LogP contribution >= 0.6 is 0 Å². The van der Waals surface area contributed by atoms with Crippen LogP contribution in [0.25, 0.3) is 0 Å². The van der Waals surface area contributed by atoms with E-state index >= 15 is 0 Å². The van der Waals surface area contributed by atoms with Crippen molar-refractivity contribution in [3.8, 4) is 11.5 Å². The highest BCUT2D eigenvalue weighted by atomic mass is 16.5. The summed E-state index contributed by atoms with van der Waals surface area (Å²) in [5, 5.41) is 21.1. The molecule has 1 aromatic carbocycles. The molecule has 0 aliphatic carbocycles. The van der Waals surface area contributed by atoms with Crippen molar-refractivity contribution in [2.75, 3.05) is 20.3 Å². The van der Waals surface area contributed by atoms with Crippen LogP contribution < -0.4 is 10.1 Å². The van der Waals surface area contributed by atoms with Crippen LogP contribution in [0.2, 0.25) is 0 Å². The van der Waals surface area contributed by atoms with E-state index in [9.17, 15) is 9.90 Å². The van der Waals surface area contributed by atoms with Crippen LogP contribution in [0.15, 0.2) is 18.2 Å². The number of aliphatic hydroxyl groups excluding tert-OH is 1. The molecule has 94 valence electrons. The van der Waals surface area contributed by atoms with Crippen LogP contribution in [-0.4, -0.2) is 36.4 Å². The maximum atomic E-state index is 11.7. The summed E-state index contributed by atoms with van der Waals surface area (Å²) in [7, 11) is 1.48. The van der Waals surface area contributed by atoms with Crippen molar-refractivity contribution in [1.29, 1.82) is 0 Å². The fourth-order valence-corrected chi connectivity index (χ4v) is 1.26. The molecule has 0 saturated carbocycles. The van der Waals surface area contributed by atoms with Crippen molar-refractivity contribution < 1.29 is 19.7 Å². The molecular formula is C12H17NO4. The van der Waals surface area contributed by atoms with Crippen molar-refractivity contribution in [2.45, 2.75) is 6.92 Å². The van der Waals surface area contributed by atoms with Crippen LogP contribution in [0.3, 0.4) is 0 Å². The quantitative estimate of drug-likeness (QED) is 0.708. The predicted octanol–water partition coefficient (Wildman–Crippen LogP) is 0.759. The second kappa shape index (κ2) is 6.10. The standard InChI is InChI=1S/C12H17NO4/c1-8(7-14)6-13-12(16)10-4-3-9(17-2)5-11(10)15/h3-5,8,14-15H,6-7H2,1-2H3,(H,13,16). The van der Waals surface area contributed by atoms with Gasteiger partial charge in [-0.3, -0.25) is 4.79 Å². The zero-order valence-electron chi connectivity index (χ0n) is 9.93. The predicted molar refractivity (Wildman–Crippen MR) is 63.2 cm³/mol. The van der Waals surface area contributed by atoms with E-state index in [0.29, 0.717) is 12.3 Å². The van der Waals surface area contributed by atoms with E-state index in [1.165, 1.54) is 19.2 Å². The number of methoxy groups -OCH3 is 1. The Hall–Kier alpha value is -1.75. The van der Waals surface area contributed by atoms with E-state index in [-0.39, 0.29) is 29.7 Å². The van der Waals surface area contributed by atoms with Gasteiger partial charge in [0, 0.05) is 19.2 Å².